The molecule has 1 aliphatic rings. The van der Waals surface area contributed by atoms with E-state index in [0.717, 1.165) is 18.9 Å². The van der Waals surface area contributed by atoms with Crippen LogP contribution in [-0.4, -0.2) is 6.54 Å². The van der Waals surface area contributed by atoms with Crippen molar-refractivity contribution < 1.29 is 0 Å². The van der Waals surface area contributed by atoms with E-state index in [0.29, 0.717) is 0 Å². The van der Waals surface area contributed by atoms with Crippen LogP contribution in [0.5, 0.6) is 0 Å². The van der Waals surface area contributed by atoms with Gasteiger partial charge in [0.2, 0.25) is 0 Å². The molecular formula is C8H14N. The van der Waals surface area contributed by atoms with Crippen LogP contribution in [0.3, 0.4) is 0 Å². The minimum Gasteiger partial charge on any atom is -0.388 e. The summed E-state index contributed by atoms with van der Waals surface area (Å²) in [5.41, 5.74) is 1.32. The largest absolute Gasteiger partial charge is 0.388 e. The molecule has 1 heterocycles. The summed E-state index contributed by atoms with van der Waals surface area (Å²) in [4.78, 5) is 0. The Bertz CT molecular complexity index is 114. The first-order valence-corrected chi connectivity index (χ1v) is 3.62. The number of hydrogen-bond donors (Lipinski definition) is 1. The maximum atomic E-state index is 3.29. The lowest BCUT2D eigenvalue weighted by Gasteiger charge is -2.05. The van der Waals surface area contributed by atoms with Crippen LogP contribution in [0.25, 0.3) is 0 Å². The van der Waals surface area contributed by atoms with Gasteiger partial charge in [0.1, 0.15) is 0 Å². The molecule has 0 fully saturated rings. The third-order valence-corrected chi connectivity index (χ3v) is 1.41. The minimum absolute atomic E-state index is 0.762. The first-order chi connectivity index (χ1) is 4.29. The number of hydrogen-bond acceptors (Lipinski definition) is 1. The first kappa shape index (κ1) is 6.66. The zero-order chi connectivity index (χ0) is 6.69. The Morgan fingerprint density at radius 1 is 1.67 bits per heavy atom. The highest BCUT2D eigenvalue weighted by molar-refractivity contribution is 5.00. The van der Waals surface area contributed by atoms with Gasteiger partial charge < -0.3 is 5.32 Å². The molecule has 0 unspecified atom stereocenters. The van der Waals surface area contributed by atoms with Crippen LogP contribution in [0.15, 0.2) is 5.70 Å². The molecule has 1 N–H and O–H groups in total. The molecule has 1 heteroatoms. The Hall–Kier alpha value is -0.460. The van der Waals surface area contributed by atoms with Crippen molar-refractivity contribution in [3.8, 4) is 0 Å². The summed E-state index contributed by atoms with van der Waals surface area (Å²) in [5, 5.41) is 3.29. The summed E-state index contributed by atoms with van der Waals surface area (Å²) in [7, 11) is 0. The molecule has 1 radical (unpaired) electrons. The lowest BCUT2D eigenvalue weighted by molar-refractivity contribution is 0.617. The van der Waals surface area contributed by atoms with Crippen molar-refractivity contribution in [3.63, 3.8) is 0 Å². The Balaban J connectivity index is 2.26. The minimum atomic E-state index is 0.762. The van der Waals surface area contributed by atoms with Gasteiger partial charge in [-0.15, -0.1) is 0 Å². The molecule has 0 aliphatic carbocycles. The second-order valence-electron chi connectivity index (χ2n) is 2.93. The third-order valence-electron chi connectivity index (χ3n) is 1.41. The van der Waals surface area contributed by atoms with Crippen LogP contribution in [-0.2, 0) is 0 Å². The van der Waals surface area contributed by atoms with Crippen LogP contribution in [0.4, 0.5) is 0 Å². The summed E-state index contributed by atoms with van der Waals surface area (Å²) < 4.78 is 0. The van der Waals surface area contributed by atoms with Crippen molar-refractivity contribution in [2.75, 3.05) is 6.54 Å². The third kappa shape index (κ3) is 2.08. The molecule has 0 amide bonds. The fourth-order valence-electron chi connectivity index (χ4n) is 1.04. The van der Waals surface area contributed by atoms with Crippen molar-refractivity contribution in [1.82, 2.24) is 5.32 Å². The van der Waals surface area contributed by atoms with E-state index in [9.17, 15) is 0 Å². The Morgan fingerprint density at radius 3 is 2.89 bits per heavy atom. The van der Waals surface area contributed by atoms with Gasteiger partial charge >= 0.3 is 0 Å². The average Bonchev–Trinajstić information content (AvgIpc) is 2.15. The molecule has 1 nitrogen and oxygen atoms in total. The van der Waals surface area contributed by atoms with E-state index in [1.807, 2.05) is 0 Å². The van der Waals surface area contributed by atoms with Crippen molar-refractivity contribution in [1.29, 1.82) is 0 Å². The smallest absolute Gasteiger partial charge is 0.0185 e. The SMILES string of the molecule is CC(C)CC1=[C]CCN1. The summed E-state index contributed by atoms with van der Waals surface area (Å²) in [6.45, 7) is 5.56. The van der Waals surface area contributed by atoms with Crippen molar-refractivity contribution in [3.05, 3.63) is 11.8 Å². The molecule has 0 aromatic carbocycles. The Kier molecular flexibility index (Phi) is 2.15. The van der Waals surface area contributed by atoms with Gasteiger partial charge in [0.15, 0.2) is 0 Å². The van der Waals surface area contributed by atoms with E-state index in [2.05, 4.69) is 25.2 Å². The zero-order valence-electron chi connectivity index (χ0n) is 6.20. The zero-order valence-corrected chi connectivity index (χ0v) is 6.20. The van der Waals surface area contributed by atoms with Gasteiger partial charge in [-0.2, -0.15) is 0 Å². The molecule has 0 saturated carbocycles. The molecule has 0 spiro atoms. The maximum absolute atomic E-state index is 3.29. The summed E-state index contributed by atoms with van der Waals surface area (Å²) in [5.74, 6) is 0.762. The summed E-state index contributed by atoms with van der Waals surface area (Å²) in [6, 6.07) is 0. The molecule has 0 aromatic heterocycles. The van der Waals surface area contributed by atoms with Gasteiger partial charge in [0, 0.05) is 12.2 Å². The van der Waals surface area contributed by atoms with E-state index in [4.69, 9.17) is 0 Å². The summed E-state index contributed by atoms with van der Waals surface area (Å²) >= 11 is 0. The molecule has 0 saturated heterocycles. The number of rotatable bonds is 2. The van der Waals surface area contributed by atoms with Crippen LogP contribution >= 0.6 is 0 Å². The van der Waals surface area contributed by atoms with Gasteiger partial charge in [0.05, 0.1) is 0 Å². The highest BCUT2D eigenvalue weighted by Gasteiger charge is 2.04. The van der Waals surface area contributed by atoms with Gasteiger partial charge in [-0.05, 0) is 24.8 Å². The van der Waals surface area contributed by atoms with Crippen LogP contribution < -0.4 is 5.32 Å². The predicted molar refractivity (Wildman–Crippen MR) is 38.8 cm³/mol. The predicted octanol–water partition coefficient (Wildman–Crippen LogP) is 1.71. The molecule has 0 aromatic rings. The quantitative estimate of drug-likeness (QED) is 0.591. The average molecular weight is 124 g/mol. The van der Waals surface area contributed by atoms with Crippen molar-refractivity contribution >= 4 is 0 Å². The maximum Gasteiger partial charge on any atom is 0.0185 e. The first-order valence-electron chi connectivity index (χ1n) is 3.62. The van der Waals surface area contributed by atoms with Crippen LogP contribution in [0.2, 0.25) is 0 Å². The fraction of sp³-hybridized carbons (Fsp3) is 0.750. The van der Waals surface area contributed by atoms with E-state index >= 15 is 0 Å². The van der Waals surface area contributed by atoms with Gasteiger partial charge in [-0.25, -0.2) is 0 Å². The van der Waals surface area contributed by atoms with Gasteiger partial charge in [0.25, 0.3) is 0 Å². The molecule has 9 heavy (non-hydrogen) atoms. The molecule has 1 rings (SSSR count). The van der Waals surface area contributed by atoms with E-state index < -0.39 is 0 Å². The van der Waals surface area contributed by atoms with Crippen molar-refractivity contribution in [2.24, 2.45) is 5.92 Å². The highest BCUT2D eigenvalue weighted by atomic mass is 14.9. The Labute approximate surface area is 57.1 Å². The lowest BCUT2D eigenvalue weighted by Crippen LogP contribution is -2.08. The fourth-order valence-corrected chi connectivity index (χ4v) is 1.04. The van der Waals surface area contributed by atoms with Gasteiger partial charge in [-0.1, -0.05) is 13.8 Å². The lowest BCUT2D eigenvalue weighted by atomic mass is 10.1. The van der Waals surface area contributed by atoms with Crippen LogP contribution in [0.1, 0.15) is 26.7 Å². The molecule has 51 valence electrons. The van der Waals surface area contributed by atoms with E-state index in [-0.39, 0.29) is 0 Å². The van der Waals surface area contributed by atoms with E-state index in [1.165, 1.54) is 12.1 Å². The summed E-state index contributed by atoms with van der Waals surface area (Å²) in [6.07, 6.45) is 5.56. The molecular weight excluding hydrogens is 110 g/mol. The normalized spacial score (nSPS) is 17.9. The standard InChI is InChI=1S/C8H14N/c1-7(2)6-8-4-3-5-9-8/h7,9H,3,5-6H2,1-2H3. The number of allylic oxidation sites excluding steroid dienone is 1. The van der Waals surface area contributed by atoms with E-state index in [1.54, 1.807) is 0 Å². The second-order valence-corrected chi connectivity index (χ2v) is 2.93. The molecule has 0 bridgehead atoms. The molecule has 1 aliphatic heterocycles. The topological polar surface area (TPSA) is 12.0 Å². The Morgan fingerprint density at radius 2 is 2.44 bits per heavy atom. The molecule has 0 atom stereocenters. The monoisotopic (exact) mass is 124 g/mol. The highest BCUT2D eigenvalue weighted by Crippen LogP contribution is 2.10. The van der Waals surface area contributed by atoms with Gasteiger partial charge in [-0.3, -0.25) is 0 Å². The number of nitrogens with one attached hydrogen (secondary N) is 1. The van der Waals surface area contributed by atoms with Crippen LogP contribution in [0, 0.1) is 12.0 Å². The second kappa shape index (κ2) is 2.90. The van der Waals surface area contributed by atoms with Crippen molar-refractivity contribution in [2.45, 2.75) is 26.7 Å².